The lowest BCUT2D eigenvalue weighted by atomic mass is 9.93. The molecule has 0 aliphatic carbocycles. The van der Waals surface area contributed by atoms with Gasteiger partial charge in [0.2, 0.25) is 5.91 Å². The van der Waals surface area contributed by atoms with Crippen LogP contribution in [0.2, 0.25) is 0 Å². The van der Waals surface area contributed by atoms with E-state index in [9.17, 15) is 23.2 Å². The molecule has 0 spiro atoms. The normalized spacial score (nSPS) is 19.7. The van der Waals surface area contributed by atoms with Gasteiger partial charge in [0.25, 0.3) is 11.8 Å². The Bertz CT molecular complexity index is 1220. The summed E-state index contributed by atoms with van der Waals surface area (Å²) in [5, 5.41) is 5.87. The van der Waals surface area contributed by atoms with Gasteiger partial charge in [-0.3, -0.25) is 14.5 Å². The molecule has 2 aliphatic rings. The molecule has 2 aromatic rings. The summed E-state index contributed by atoms with van der Waals surface area (Å²) in [6.45, 7) is 6.11. The van der Waals surface area contributed by atoms with Crippen LogP contribution < -0.4 is 10.6 Å². The first kappa shape index (κ1) is 30.4. The minimum Gasteiger partial charge on any atom is -0.444 e. The van der Waals surface area contributed by atoms with Gasteiger partial charge in [0, 0.05) is 50.6 Å². The van der Waals surface area contributed by atoms with Crippen LogP contribution in [0.1, 0.15) is 61.5 Å². The van der Waals surface area contributed by atoms with Crippen LogP contribution in [0.5, 0.6) is 0 Å². The Hall–Kier alpha value is -3.53. The number of ether oxygens (including phenoxy) is 1. The lowest BCUT2D eigenvalue weighted by Crippen LogP contribution is -2.54. The Kier molecular flexibility index (Phi) is 9.63. The summed E-state index contributed by atoms with van der Waals surface area (Å²) in [6, 6.07) is 16.6. The third-order valence-electron chi connectivity index (χ3n) is 7.40. The molecule has 0 unspecified atom stereocenters. The van der Waals surface area contributed by atoms with Gasteiger partial charge in [0.1, 0.15) is 5.60 Å². The predicted molar refractivity (Wildman–Crippen MR) is 152 cm³/mol. The Balaban J connectivity index is 1.47. The largest absolute Gasteiger partial charge is 0.444 e. The number of amides is 3. The molecular weight excluding hydrogens is 530 g/mol. The van der Waals surface area contributed by atoms with E-state index in [4.69, 9.17) is 4.74 Å². The number of carbonyl (C=O) groups is 3. The van der Waals surface area contributed by atoms with E-state index in [2.05, 4.69) is 27.7 Å². The monoisotopic (exact) mass is 570 g/mol. The van der Waals surface area contributed by atoms with E-state index >= 15 is 0 Å². The first-order valence-electron chi connectivity index (χ1n) is 14.2. The van der Waals surface area contributed by atoms with E-state index < -0.39 is 36.6 Å². The first-order chi connectivity index (χ1) is 19.4. The molecule has 8 nitrogen and oxygen atoms in total. The van der Waals surface area contributed by atoms with Gasteiger partial charge >= 0.3 is 6.09 Å². The number of halogens is 2. The van der Waals surface area contributed by atoms with Crippen LogP contribution in [-0.4, -0.2) is 77.5 Å². The number of benzene rings is 2. The average Bonchev–Trinajstić information content (AvgIpc) is 2.91. The standard InChI is InChI=1S/C31H40F2N4O4/c1-30(2,3)41-29(40)35-25(20-37-21-31(32,33)15-13-27(37)38)14-16-36-19-24-12-8-7-11-23(24)17-26(36)18-34-28(39)22-9-5-4-6-10-22/h4-12,25-26H,13-21H2,1-3H3,(H,34,39)(H,35,40)/t25-,26-/m0/s1. The number of alkyl halides is 2. The first-order valence-corrected chi connectivity index (χ1v) is 14.2. The van der Waals surface area contributed by atoms with E-state index in [1.807, 2.05) is 30.3 Å². The highest BCUT2D eigenvalue weighted by Crippen LogP contribution is 2.28. The number of piperidine rings is 1. The predicted octanol–water partition coefficient (Wildman–Crippen LogP) is 4.38. The fourth-order valence-electron chi connectivity index (χ4n) is 5.34. The van der Waals surface area contributed by atoms with Crippen molar-refractivity contribution in [1.29, 1.82) is 0 Å². The number of nitrogens with zero attached hydrogens (tertiary/aromatic N) is 2. The number of hydrogen-bond acceptors (Lipinski definition) is 5. The smallest absolute Gasteiger partial charge is 0.407 e. The molecule has 0 saturated carbocycles. The number of alkyl carbamates (subject to hydrolysis) is 1. The molecule has 2 atom stereocenters. The SMILES string of the molecule is CC(C)(C)OC(=O)N[C@@H](CCN1Cc2ccccc2C[C@H]1CNC(=O)c1ccccc1)CN1CC(F)(F)CCC1=O. The molecule has 1 saturated heterocycles. The molecule has 2 heterocycles. The number of carbonyl (C=O) groups excluding carboxylic acids is 3. The zero-order chi connectivity index (χ0) is 29.6. The molecule has 2 aromatic carbocycles. The number of fused-ring (bicyclic) bond motifs is 1. The zero-order valence-electron chi connectivity index (χ0n) is 24.0. The van der Waals surface area contributed by atoms with E-state index in [0.717, 1.165) is 11.3 Å². The Morgan fingerprint density at radius 2 is 1.76 bits per heavy atom. The van der Waals surface area contributed by atoms with Crippen LogP contribution in [0.4, 0.5) is 13.6 Å². The summed E-state index contributed by atoms with van der Waals surface area (Å²) in [6.07, 6.45) is -0.213. The van der Waals surface area contributed by atoms with Crippen LogP contribution in [0.15, 0.2) is 54.6 Å². The molecule has 41 heavy (non-hydrogen) atoms. The summed E-state index contributed by atoms with van der Waals surface area (Å²) in [5.74, 6) is -3.46. The van der Waals surface area contributed by atoms with Crippen molar-refractivity contribution in [3.8, 4) is 0 Å². The van der Waals surface area contributed by atoms with Crippen molar-refractivity contribution >= 4 is 17.9 Å². The van der Waals surface area contributed by atoms with Gasteiger partial charge in [0.15, 0.2) is 0 Å². The summed E-state index contributed by atoms with van der Waals surface area (Å²) in [4.78, 5) is 41.3. The number of nitrogens with one attached hydrogen (secondary N) is 2. The van der Waals surface area contributed by atoms with Gasteiger partial charge in [-0.15, -0.1) is 0 Å². The van der Waals surface area contributed by atoms with Gasteiger partial charge in [-0.1, -0.05) is 42.5 Å². The molecule has 0 bridgehead atoms. The van der Waals surface area contributed by atoms with Crippen molar-refractivity contribution in [2.75, 3.05) is 26.2 Å². The second kappa shape index (κ2) is 13.0. The average molecular weight is 571 g/mol. The van der Waals surface area contributed by atoms with Crippen molar-refractivity contribution in [3.05, 3.63) is 71.3 Å². The fraction of sp³-hybridized carbons (Fsp3) is 0.516. The van der Waals surface area contributed by atoms with Gasteiger partial charge in [-0.2, -0.15) is 0 Å². The third-order valence-corrected chi connectivity index (χ3v) is 7.40. The second-order valence-corrected chi connectivity index (χ2v) is 11.9. The lowest BCUT2D eigenvalue weighted by molar-refractivity contribution is -0.147. The Morgan fingerprint density at radius 3 is 2.46 bits per heavy atom. The van der Waals surface area contributed by atoms with Crippen molar-refractivity contribution < 1.29 is 27.9 Å². The third kappa shape index (κ3) is 8.98. The number of likely N-dealkylation sites (tertiary alicyclic amines) is 1. The summed E-state index contributed by atoms with van der Waals surface area (Å²) >= 11 is 0. The van der Waals surface area contributed by atoms with Crippen LogP contribution in [0.3, 0.4) is 0 Å². The molecule has 2 N–H and O–H groups in total. The Morgan fingerprint density at radius 1 is 1.07 bits per heavy atom. The molecule has 4 rings (SSSR count). The minimum atomic E-state index is -2.96. The van der Waals surface area contributed by atoms with E-state index in [1.54, 1.807) is 32.9 Å². The molecule has 3 amide bonds. The van der Waals surface area contributed by atoms with Gasteiger partial charge in [-0.25, -0.2) is 13.6 Å². The van der Waals surface area contributed by atoms with Crippen molar-refractivity contribution in [1.82, 2.24) is 20.4 Å². The van der Waals surface area contributed by atoms with Crippen molar-refractivity contribution in [2.24, 2.45) is 0 Å². The van der Waals surface area contributed by atoms with Gasteiger partial charge < -0.3 is 20.3 Å². The molecule has 0 radical (unpaired) electrons. The highest BCUT2D eigenvalue weighted by molar-refractivity contribution is 5.94. The van der Waals surface area contributed by atoms with E-state index in [1.165, 1.54) is 11.1 Å². The maximum absolute atomic E-state index is 14.2. The van der Waals surface area contributed by atoms with Crippen LogP contribution in [0.25, 0.3) is 0 Å². The summed E-state index contributed by atoms with van der Waals surface area (Å²) in [5.41, 5.74) is 2.24. The summed E-state index contributed by atoms with van der Waals surface area (Å²) in [7, 11) is 0. The van der Waals surface area contributed by atoms with Crippen LogP contribution >= 0.6 is 0 Å². The second-order valence-electron chi connectivity index (χ2n) is 11.9. The van der Waals surface area contributed by atoms with E-state index in [-0.39, 0.29) is 30.8 Å². The molecular formula is C31H40F2N4O4. The van der Waals surface area contributed by atoms with Crippen LogP contribution in [-0.2, 0) is 22.5 Å². The fourth-order valence-corrected chi connectivity index (χ4v) is 5.34. The summed E-state index contributed by atoms with van der Waals surface area (Å²) < 4.78 is 33.7. The maximum Gasteiger partial charge on any atom is 0.407 e. The molecule has 2 aliphatic heterocycles. The Labute approximate surface area is 240 Å². The lowest BCUT2D eigenvalue weighted by Gasteiger charge is -2.39. The number of hydrogen-bond donors (Lipinski definition) is 2. The van der Waals surface area contributed by atoms with E-state index in [0.29, 0.717) is 31.6 Å². The molecule has 1 fully saturated rings. The highest BCUT2D eigenvalue weighted by Gasteiger charge is 2.40. The van der Waals surface area contributed by atoms with Crippen molar-refractivity contribution in [3.63, 3.8) is 0 Å². The van der Waals surface area contributed by atoms with Crippen molar-refractivity contribution in [2.45, 2.75) is 76.6 Å². The quantitative estimate of drug-likeness (QED) is 0.467. The molecule has 10 heteroatoms. The zero-order valence-corrected chi connectivity index (χ0v) is 24.0. The maximum atomic E-state index is 14.2. The van der Waals surface area contributed by atoms with Gasteiger partial charge in [0.05, 0.1) is 12.6 Å². The molecule has 0 aromatic heterocycles. The topological polar surface area (TPSA) is 91.0 Å². The van der Waals surface area contributed by atoms with Gasteiger partial charge in [-0.05, 0) is 56.9 Å². The number of rotatable bonds is 9. The highest BCUT2D eigenvalue weighted by atomic mass is 19.3. The minimum absolute atomic E-state index is 0.0132. The van der Waals surface area contributed by atoms with Crippen LogP contribution in [0, 0.1) is 0 Å². The molecule has 222 valence electrons.